The van der Waals surface area contributed by atoms with Crippen LogP contribution in [0.2, 0.25) is 0 Å². The molecule has 1 aliphatic carbocycles. The number of benzene rings is 1. The van der Waals surface area contributed by atoms with Crippen molar-refractivity contribution in [1.82, 2.24) is 0 Å². The van der Waals surface area contributed by atoms with E-state index >= 15 is 0 Å². The average Bonchev–Trinajstić information content (AvgIpc) is 3.28. The van der Waals surface area contributed by atoms with Crippen molar-refractivity contribution in [3.05, 3.63) is 29.8 Å². The molecule has 136 valence electrons. The molecule has 1 aliphatic rings. The number of amides is 1. The Morgan fingerprint density at radius 1 is 1.08 bits per heavy atom. The van der Waals surface area contributed by atoms with E-state index in [2.05, 4.69) is 5.32 Å². The topological polar surface area (TPSA) is 72.5 Å². The first-order valence-corrected chi connectivity index (χ1v) is 8.66. The Morgan fingerprint density at radius 2 is 1.68 bits per heavy atom. The van der Waals surface area contributed by atoms with E-state index in [9.17, 15) is 14.4 Å². The molecule has 0 atom stereocenters. The molecule has 0 radical (unpaired) electrons. The highest BCUT2D eigenvalue weighted by molar-refractivity contribution is 6.08. The third-order valence-electron chi connectivity index (χ3n) is 4.00. The summed E-state index contributed by atoms with van der Waals surface area (Å²) in [5, 5.41) is 2.84. The fourth-order valence-electron chi connectivity index (χ4n) is 2.55. The van der Waals surface area contributed by atoms with Gasteiger partial charge in [0.25, 0.3) is 0 Å². The molecule has 0 unspecified atom stereocenters. The first-order valence-electron chi connectivity index (χ1n) is 8.66. The highest BCUT2D eigenvalue weighted by Crippen LogP contribution is 2.33. The van der Waals surface area contributed by atoms with Crippen molar-refractivity contribution in [3.8, 4) is 0 Å². The second kappa shape index (κ2) is 6.98. The number of ketones is 1. The third-order valence-corrected chi connectivity index (χ3v) is 4.00. The summed E-state index contributed by atoms with van der Waals surface area (Å²) >= 11 is 0. The van der Waals surface area contributed by atoms with E-state index in [0.717, 1.165) is 12.8 Å². The third kappa shape index (κ3) is 5.41. The van der Waals surface area contributed by atoms with Gasteiger partial charge in [-0.1, -0.05) is 26.0 Å². The highest BCUT2D eigenvalue weighted by Gasteiger charge is 2.35. The van der Waals surface area contributed by atoms with Crippen molar-refractivity contribution >= 4 is 23.3 Å². The Labute approximate surface area is 149 Å². The number of carbonyl (C=O) groups excluding carboxylic acids is 3. The van der Waals surface area contributed by atoms with E-state index in [1.165, 1.54) is 0 Å². The average molecular weight is 345 g/mol. The molecule has 1 fully saturated rings. The maximum absolute atomic E-state index is 13.0. The van der Waals surface area contributed by atoms with Gasteiger partial charge in [0.05, 0.1) is 12.1 Å². The summed E-state index contributed by atoms with van der Waals surface area (Å²) in [6.07, 6.45) is 1.77. The number of ether oxygens (including phenoxy) is 1. The molecule has 1 amide bonds. The van der Waals surface area contributed by atoms with E-state index in [4.69, 9.17) is 4.74 Å². The van der Waals surface area contributed by atoms with Crippen LogP contribution in [-0.4, -0.2) is 23.3 Å². The van der Waals surface area contributed by atoms with Gasteiger partial charge in [0.1, 0.15) is 5.60 Å². The Hall–Kier alpha value is -2.17. The number of Topliss-reactive ketones (excluding diaryl/α,β-unsaturated/α-hetero) is 1. The van der Waals surface area contributed by atoms with Crippen LogP contribution in [0.5, 0.6) is 0 Å². The van der Waals surface area contributed by atoms with E-state index in [1.54, 1.807) is 58.9 Å². The fraction of sp³-hybridized carbons (Fsp3) is 0.550. The van der Waals surface area contributed by atoms with Crippen LogP contribution in [0.15, 0.2) is 24.3 Å². The SMILES string of the molecule is CC(C)(C)OC(=O)CC(C)(C)C(=O)c1ccccc1NC(=O)C1CC1. The molecule has 25 heavy (non-hydrogen) atoms. The zero-order valence-corrected chi connectivity index (χ0v) is 15.6. The molecule has 0 aliphatic heterocycles. The minimum Gasteiger partial charge on any atom is -0.460 e. The molecule has 0 spiro atoms. The van der Waals surface area contributed by atoms with Crippen molar-refractivity contribution in [2.45, 2.75) is 59.5 Å². The van der Waals surface area contributed by atoms with Gasteiger partial charge < -0.3 is 10.1 Å². The standard InChI is InChI=1S/C20H27NO4/c1-19(2,3)25-16(22)12-20(4,5)17(23)14-8-6-7-9-15(14)21-18(24)13-10-11-13/h6-9,13H,10-12H2,1-5H3,(H,21,24). The molecule has 1 saturated carbocycles. The van der Waals surface area contributed by atoms with E-state index in [1.807, 2.05) is 0 Å². The van der Waals surface area contributed by atoms with Crippen molar-refractivity contribution in [3.63, 3.8) is 0 Å². The van der Waals surface area contributed by atoms with Gasteiger partial charge in [0, 0.05) is 16.9 Å². The van der Waals surface area contributed by atoms with Gasteiger partial charge in [-0.3, -0.25) is 14.4 Å². The summed E-state index contributed by atoms with van der Waals surface area (Å²) < 4.78 is 5.33. The van der Waals surface area contributed by atoms with Crippen LogP contribution in [0.4, 0.5) is 5.69 Å². The zero-order valence-electron chi connectivity index (χ0n) is 15.6. The summed E-state index contributed by atoms with van der Waals surface area (Å²) in [5.41, 5.74) is -0.596. The number of rotatable bonds is 6. The van der Waals surface area contributed by atoms with Crippen LogP contribution in [-0.2, 0) is 14.3 Å². The number of para-hydroxylation sites is 1. The van der Waals surface area contributed by atoms with Crippen LogP contribution in [0, 0.1) is 11.3 Å². The Morgan fingerprint density at radius 3 is 2.24 bits per heavy atom. The molecule has 0 saturated heterocycles. The lowest BCUT2D eigenvalue weighted by Crippen LogP contribution is -2.32. The van der Waals surface area contributed by atoms with Gasteiger partial charge in [-0.05, 0) is 45.7 Å². The largest absolute Gasteiger partial charge is 0.460 e. The van der Waals surface area contributed by atoms with E-state index in [0.29, 0.717) is 11.3 Å². The van der Waals surface area contributed by atoms with Crippen LogP contribution >= 0.6 is 0 Å². The molecular weight excluding hydrogens is 318 g/mol. The van der Waals surface area contributed by atoms with Crippen LogP contribution in [0.25, 0.3) is 0 Å². The molecule has 1 N–H and O–H groups in total. The summed E-state index contributed by atoms with van der Waals surface area (Å²) in [6.45, 7) is 8.82. The number of anilines is 1. The zero-order chi connectivity index (χ0) is 18.8. The quantitative estimate of drug-likeness (QED) is 0.625. The lowest BCUT2D eigenvalue weighted by molar-refractivity contribution is -0.156. The molecule has 1 aromatic carbocycles. The number of carbonyl (C=O) groups is 3. The molecule has 1 aromatic rings. The van der Waals surface area contributed by atoms with Crippen molar-refractivity contribution < 1.29 is 19.1 Å². The van der Waals surface area contributed by atoms with E-state index in [-0.39, 0.29) is 24.0 Å². The molecular formula is C20H27NO4. The lowest BCUT2D eigenvalue weighted by Gasteiger charge is -2.26. The number of nitrogens with one attached hydrogen (secondary N) is 1. The number of esters is 1. The summed E-state index contributed by atoms with van der Waals surface area (Å²) in [7, 11) is 0. The minimum atomic E-state index is -0.928. The van der Waals surface area contributed by atoms with Gasteiger partial charge >= 0.3 is 5.97 Å². The minimum absolute atomic E-state index is 0.0198. The normalized spacial score (nSPS) is 14.8. The van der Waals surface area contributed by atoms with Crippen molar-refractivity contribution in [2.24, 2.45) is 11.3 Å². The van der Waals surface area contributed by atoms with E-state index < -0.39 is 17.0 Å². The first kappa shape index (κ1) is 19.2. The molecule has 0 bridgehead atoms. The van der Waals surface area contributed by atoms with Crippen LogP contribution in [0.1, 0.15) is 64.2 Å². The highest BCUT2D eigenvalue weighted by atomic mass is 16.6. The predicted molar refractivity (Wildman–Crippen MR) is 96.4 cm³/mol. The molecule has 5 heteroatoms. The van der Waals surface area contributed by atoms with Gasteiger partial charge in [-0.2, -0.15) is 0 Å². The van der Waals surface area contributed by atoms with Gasteiger partial charge in [0.15, 0.2) is 5.78 Å². The maximum Gasteiger partial charge on any atom is 0.307 e. The number of hydrogen-bond donors (Lipinski definition) is 1. The molecule has 0 heterocycles. The monoisotopic (exact) mass is 345 g/mol. The lowest BCUT2D eigenvalue weighted by atomic mass is 9.80. The van der Waals surface area contributed by atoms with Crippen LogP contribution in [0.3, 0.4) is 0 Å². The smallest absolute Gasteiger partial charge is 0.307 e. The Kier molecular flexibility index (Phi) is 5.35. The molecule has 0 aromatic heterocycles. The number of hydrogen-bond acceptors (Lipinski definition) is 4. The Bertz CT molecular complexity index is 681. The predicted octanol–water partition coefficient (Wildman–Crippen LogP) is 3.98. The Balaban J connectivity index is 2.15. The summed E-state index contributed by atoms with van der Waals surface area (Å²) in [5.74, 6) is -0.599. The van der Waals surface area contributed by atoms with Crippen molar-refractivity contribution in [2.75, 3.05) is 5.32 Å². The summed E-state index contributed by atoms with van der Waals surface area (Å²) in [4.78, 5) is 37.2. The van der Waals surface area contributed by atoms with Crippen molar-refractivity contribution in [1.29, 1.82) is 0 Å². The summed E-state index contributed by atoms with van der Waals surface area (Å²) in [6, 6.07) is 6.93. The van der Waals surface area contributed by atoms with Gasteiger partial charge in [-0.15, -0.1) is 0 Å². The second-order valence-corrected chi connectivity index (χ2v) is 8.29. The van der Waals surface area contributed by atoms with Gasteiger partial charge in [-0.25, -0.2) is 0 Å². The van der Waals surface area contributed by atoms with Crippen LogP contribution < -0.4 is 5.32 Å². The fourth-order valence-corrected chi connectivity index (χ4v) is 2.55. The maximum atomic E-state index is 13.0. The van der Waals surface area contributed by atoms with Gasteiger partial charge in [0.2, 0.25) is 5.91 Å². The first-order chi connectivity index (χ1) is 11.5. The molecule has 2 rings (SSSR count). The molecule has 5 nitrogen and oxygen atoms in total. The second-order valence-electron chi connectivity index (χ2n) is 8.29.